The maximum absolute atomic E-state index is 14.5. The predicted octanol–water partition coefficient (Wildman–Crippen LogP) is 4.99. The molecule has 1 aliphatic carbocycles. The number of halogens is 3. The normalized spacial score (nSPS) is 24.7. The molecule has 3 aliphatic rings. The monoisotopic (exact) mass is 591 g/mol. The highest BCUT2D eigenvalue weighted by Crippen LogP contribution is 2.52. The van der Waals surface area contributed by atoms with Crippen molar-refractivity contribution in [3.8, 4) is 6.07 Å². The van der Waals surface area contributed by atoms with Crippen molar-refractivity contribution in [2.45, 2.75) is 57.4 Å². The molecule has 2 aliphatic heterocycles. The first-order valence-corrected chi connectivity index (χ1v) is 14.7. The van der Waals surface area contributed by atoms with Gasteiger partial charge in [-0.15, -0.1) is 10.2 Å². The van der Waals surface area contributed by atoms with Crippen molar-refractivity contribution in [1.82, 2.24) is 24.6 Å². The molecular formula is C32H36F3N7O. The van der Waals surface area contributed by atoms with Crippen molar-refractivity contribution in [1.29, 1.82) is 5.26 Å². The Morgan fingerprint density at radius 3 is 2.56 bits per heavy atom. The van der Waals surface area contributed by atoms with Gasteiger partial charge < -0.3 is 14.4 Å². The van der Waals surface area contributed by atoms with Crippen LogP contribution < -0.4 is 4.90 Å². The third kappa shape index (κ3) is 5.10. The minimum absolute atomic E-state index is 0.0154. The summed E-state index contributed by atoms with van der Waals surface area (Å²) in [5, 5.41) is 17.9. The summed E-state index contributed by atoms with van der Waals surface area (Å²) in [6.45, 7) is 6.91. The van der Waals surface area contributed by atoms with E-state index < -0.39 is 23.1 Å². The number of likely N-dealkylation sites (N-methyl/N-ethyl adjacent to an activating group) is 1. The van der Waals surface area contributed by atoms with Crippen molar-refractivity contribution in [3.63, 3.8) is 0 Å². The van der Waals surface area contributed by atoms with Crippen molar-refractivity contribution in [2.24, 2.45) is 18.9 Å². The van der Waals surface area contributed by atoms with Crippen molar-refractivity contribution >= 4 is 11.6 Å². The predicted molar refractivity (Wildman–Crippen MR) is 155 cm³/mol. The number of carbonyl (C=O) groups excluding carboxylic acids is 1. The molecule has 226 valence electrons. The maximum atomic E-state index is 14.5. The molecule has 2 fully saturated rings. The number of benzene rings is 2. The van der Waals surface area contributed by atoms with E-state index >= 15 is 0 Å². The van der Waals surface area contributed by atoms with Gasteiger partial charge in [0.1, 0.15) is 12.2 Å². The third-order valence-electron chi connectivity index (χ3n) is 9.52. The number of hydrogen-bond donors (Lipinski definition) is 0. The van der Waals surface area contributed by atoms with Crippen LogP contribution in [0, 0.1) is 23.2 Å². The van der Waals surface area contributed by atoms with E-state index in [2.05, 4.69) is 47.0 Å². The lowest BCUT2D eigenvalue weighted by molar-refractivity contribution is -0.138. The first kappa shape index (κ1) is 29.3. The highest BCUT2D eigenvalue weighted by atomic mass is 19.4. The summed E-state index contributed by atoms with van der Waals surface area (Å²) >= 11 is 0. The van der Waals surface area contributed by atoms with Gasteiger partial charge in [-0.1, -0.05) is 26.0 Å². The second kappa shape index (κ2) is 10.8. The zero-order chi connectivity index (χ0) is 30.7. The Labute approximate surface area is 249 Å². The molecule has 8 nitrogen and oxygen atoms in total. The molecule has 43 heavy (non-hydrogen) atoms. The highest BCUT2D eigenvalue weighted by molar-refractivity contribution is 6.10. The number of piperazine rings is 1. The van der Waals surface area contributed by atoms with E-state index in [1.807, 2.05) is 29.8 Å². The summed E-state index contributed by atoms with van der Waals surface area (Å²) in [5.74, 6) is 0.489. The lowest BCUT2D eigenvalue weighted by atomic mass is 9.58. The number of carbonyl (C=O) groups is 1. The fraction of sp³-hybridized carbons (Fsp3) is 0.500. The molecule has 1 aromatic heterocycles. The standard InChI is InChI=1S/C32H36F3N7O/c1-20(2)28-18-39(3)8-9-41(28)16-21-10-25-26(27(11-21)32(33,34)35)17-42(29(25)43)24-7-5-6-23(12-24)31(13-22(14-31)15-36)30-38-37-19-40(30)4/h5-7,10-12,19-20,22,28H,8-9,13-14,16-18H2,1-4H3. The van der Waals surface area contributed by atoms with Gasteiger partial charge in [0, 0.05) is 56.4 Å². The van der Waals surface area contributed by atoms with Crippen LogP contribution in [0.4, 0.5) is 18.9 Å². The Morgan fingerprint density at radius 2 is 1.91 bits per heavy atom. The Bertz CT molecular complexity index is 1580. The number of hydrogen-bond acceptors (Lipinski definition) is 6. The molecule has 1 saturated carbocycles. The molecule has 1 amide bonds. The van der Waals surface area contributed by atoms with E-state index in [0.717, 1.165) is 31.0 Å². The van der Waals surface area contributed by atoms with Crippen LogP contribution in [0.2, 0.25) is 0 Å². The lowest BCUT2D eigenvalue weighted by Gasteiger charge is -2.44. The second-order valence-electron chi connectivity index (χ2n) is 12.7. The summed E-state index contributed by atoms with van der Waals surface area (Å²) in [6.07, 6.45) is -1.87. The zero-order valence-electron chi connectivity index (χ0n) is 24.9. The van der Waals surface area contributed by atoms with Crippen LogP contribution in [0.15, 0.2) is 42.7 Å². The lowest BCUT2D eigenvalue weighted by Crippen LogP contribution is -2.53. The zero-order valence-corrected chi connectivity index (χ0v) is 24.9. The SMILES string of the molecule is CC(C)C1CN(C)CCN1Cc1cc2c(c(C(F)(F)F)c1)CN(c1cccc(C3(c4nncn4C)CC(C#N)C3)c1)C2=O. The van der Waals surface area contributed by atoms with Crippen molar-refractivity contribution < 1.29 is 18.0 Å². The van der Waals surface area contributed by atoms with Gasteiger partial charge in [-0.25, -0.2) is 0 Å². The molecule has 11 heteroatoms. The van der Waals surface area contributed by atoms with Crippen LogP contribution in [-0.2, 0) is 31.7 Å². The van der Waals surface area contributed by atoms with E-state index in [9.17, 15) is 23.2 Å². The van der Waals surface area contributed by atoms with E-state index in [4.69, 9.17) is 0 Å². The van der Waals surface area contributed by atoms with Crippen LogP contribution in [0.5, 0.6) is 0 Å². The summed E-state index contributed by atoms with van der Waals surface area (Å²) in [4.78, 5) is 19.8. The summed E-state index contributed by atoms with van der Waals surface area (Å²) in [6, 6.07) is 12.8. The third-order valence-corrected chi connectivity index (χ3v) is 9.52. The summed E-state index contributed by atoms with van der Waals surface area (Å²) < 4.78 is 45.2. The maximum Gasteiger partial charge on any atom is 0.416 e. The van der Waals surface area contributed by atoms with Crippen LogP contribution in [0.3, 0.4) is 0 Å². The molecule has 0 radical (unpaired) electrons. The Morgan fingerprint density at radius 1 is 1.14 bits per heavy atom. The number of nitrogens with zero attached hydrogens (tertiary/aromatic N) is 7. The van der Waals surface area contributed by atoms with E-state index in [1.54, 1.807) is 18.5 Å². The fourth-order valence-electron chi connectivity index (χ4n) is 7.18. The number of aryl methyl sites for hydroxylation is 1. The molecule has 3 heterocycles. The molecule has 1 unspecified atom stereocenters. The number of anilines is 1. The van der Waals surface area contributed by atoms with Crippen LogP contribution in [-0.4, -0.2) is 63.2 Å². The average Bonchev–Trinajstić information content (AvgIpc) is 3.51. The van der Waals surface area contributed by atoms with Gasteiger partial charge in [0.25, 0.3) is 5.91 Å². The van der Waals surface area contributed by atoms with E-state index in [0.29, 0.717) is 36.6 Å². The number of nitriles is 1. The van der Waals surface area contributed by atoms with Gasteiger partial charge in [-0.05, 0) is 66.8 Å². The smallest absolute Gasteiger partial charge is 0.320 e. The highest BCUT2D eigenvalue weighted by Gasteiger charge is 2.50. The van der Waals surface area contributed by atoms with Crippen LogP contribution >= 0.6 is 0 Å². The fourth-order valence-corrected chi connectivity index (χ4v) is 7.18. The van der Waals surface area contributed by atoms with E-state index in [-0.39, 0.29) is 29.6 Å². The number of fused-ring (bicyclic) bond motifs is 1. The topological polar surface area (TPSA) is 81.3 Å². The molecule has 1 atom stereocenters. The number of amides is 1. The number of alkyl halides is 3. The van der Waals surface area contributed by atoms with Crippen molar-refractivity contribution in [3.05, 3.63) is 76.4 Å². The van der Waals surface area contributed by atoms with Gasteiger partial charge in [0.2, 0.25) is 0 Å². The van der Waals surface area contributed by atoms with Gasteiger partial charge in [0.15, 0.2) is 0 Å². The molecule has 6 rings (SSSR count). The van der Waals surface area contributed by atoms with Crippen molar-refractivity contribution in [2.75, 3.05) is 31.6 Å². The molecule has 0 bridgehead atoms. The summed E-state index contributed by atoms with van der Waals surface area (Å²) in [5.41, 5.74) is 0.717. The Hall–Kier alpha value is -3.75. The van der Waals surface area contributed by atoms with Gasteiger partial charge in [0.05, 0.1) is 23.6 Å². The van der Waals surface area contributed by atoms with Gasteiger partial charge in [-0.2, -0.15) is 18.4 Å². The molecular weight excluding hydrogens is 555 g/mol. The molecule has 0 spiro atoms. The molecule has 3 aromatic rings. The Kier molecular flexibility index (Phi) is 7.33. The van der Waals surface area contributed by atoms with Gasteiger partial charge in [-0.3, -0.25) is 9.69 Å². The van der Waals surface area contributed by atoms with E-state index in [1.165, 1.54) is 11.0 Å². The van der Waals surface area contributed by atoms with Crippen LogP contribution in [0.25, 0.3) is 0 Å². The first-order chi connectivity index (χ1) is 20.4. The minimum Gasteiger partial charge on any atom is -0.320 e. The molecule has 0 N–H and O–H groups in total. The second-order valence-corrected chi connectivity index (χ2v) is 12.7. The van der Waals surface area contributed by atoms with Gasteiger partial charge >= 0.3 is 6.18 Å². The minimum atomic E-state index is -4.59. The quantitative estimate of drug-likeness (QED) is 0.402. The Balaban J connectivity index is 1.34. The summed E-state index contributed by atoms with van der Waals surface area (Å²) in [7, 11) is 3.91. The average molecular weight is 592 g/mol. The molecule has 1 saturated heterocycles. The number of aromatic nitrogens is 3. The largest absolute Gasteiger partial charge is 0.416 e. The van der Waals surface area contributed by atoms with Crippen LogP contribution in [0.1, 0.15) is 65.1 Å². The number of rotatable bonds is 6. The first-order valence-electron chi connectivity index (χ1n) is 14.7. The molecule has 2 aromatic carbocycles.